The van der Waals surface area contributed by atoms with Crippen molar-refractivity contribution in [2.45, 2.75) is 13.5 Å². The molecule has 2 aromatic carbocycles. The first-order chi connectivity index (χ1) is 9.06. The first-order valence-electron chi connectivity index (χ1n) is 5.88. The molecular formula is C15H14ClNO2. The summed E-state index contributed by atoms with van der Waals surface area (Å²) in [4.78, 5) is 11.0. The topological polar surface area (TPSA) is 49.3 Å². The fraction of sp³-hybridized carbons (Fsp3) is 0.133. The Hall–Kier alpha value is -2.00. The molecule has 4 heteroatoms. The number of aryl methyl sites for hydroxylation is 1. The first kappa shape index (κ1) is 13.4. The number of rotatable bonds is 4. The van der Waals surface area contributed by atoms with Gasteiger partial charge >= 0.3 is 5.97 Å². The van der Waals surface area contributed by atoms with Gasteiger partial charge in [0.1, 0.15) is 0 Å². The normalized spacial score (nSPS) is 10.2. The van der Waals surface area contributed by atoms with Crippen LogP contribution in [0.4, 0.5) is 5.69 Å². The molecule has 0 fully saturated rings. The highest BCUT2D eigenvalue weighted by Crippen LogP contribution is 2.21. The van der Waals surface area contributed by atoms with Gasteiger partial charge in [0.2, 0.25) is 0 Å². The zero-order valence-electron chi connectivity index (χ0n) is 10.5. The summed E-state index contributed by atoms with van der Waals surface area (Å²) < 4.78 is 0. The van der Waals surface area contributed by atoms with Gasteiger partial charge < -0.3 is 10.4 Å². The molecule has 0 unspecified atom stereocenters. The molecule has 0 aliphatic carbocycles. The second kappa shape index (κ2) is 5.76. The SMILES string of the molecule is Cc1cccc(CNc2ccc(Cl)c(C(=O)O)c2)c1. The quantitative estimate of drug-likeness (QED) is 0.888. The van der Waals surface area contributed by atoms with Crippen molar-refractivity contribution in [1.82, 2.24) is 0 Å². The van der Waals surface area contributed by atoms with Crippen LogP contribution in [0.1, 0.15) is 21.5 Å². The molecule has 0 aliphatic rings. The smallest absolute Gasteiger partial charge is 0.337 e. The van der Waals surface area contributed by atoms with Crippen LogP contribution in [0.5, 0.6) is 0 Å². The van der Waals surface area contributed by atoms with E-state index in [-0.39, 0.29) is 10.6 Å². The van der Waals surface area contributed by atoms with Crippen LogP contribution in [0, 0.1) is 6.92 Å². The molecule has 0 atom stereocenters. The minimum absolute atomic E-state index is 0.107. The van der Waals surface area contributed by atoms with Crippen molar-refractivity contribution in [3.05, 3.63) is 64.2 Å². The van der Waals surface area contributed by atoms with E-state index in [1.54, 1.807) is 18.2 Å². The van der Waals surface area contributed by atoms with Crippen molar-refractivity contribution in [3.63, 3.8) is 0 Å². The highest BCUT2D eigenvalue weighted by molar-refractivity contribution is 6.33. The number of aromatic carboxylic acids is 1. The Morgan fingerprint density at radius 2 is 2.05 bits per heavy atom. The van der Waals surface area contributed by atoms with E-state index in [0.29, 0.717) is 6.54 Å². The van der Waals surface area contributed by atoms with Crippen molar-refractivity contribution in [3.8, 4) is 0 Å². The van der Waals surface area contributed by atoms with Crippen molar-refractivity contribution in [1.29, 1.82) is 0 Å². The molecular weight excluding hydrogens is 262 g/mol. The molecule has 0 radical (unpaired) electrons. The highest BCUT2D eigenvalue weighted by atomic mass is 35.5. The van der Waals surface area contributed by atoms with Gasteiger partial charge in [0.05, 0.1) is 10.6 Å². The van der Waals surface area contributed by atoms with Gasteiger partial charge in [-0.15, -0.1) is 0 Å². The second-order valence-corrected chi connectivity index (χ2v) is 4.75. The van der Waals surface area contributed by atoms with Crippen LogP contribution in [-0.4, -0.2) is 11.1 Å². The van der Waals surface area contributed by atoms with E-state index >= 15 is 0 Å². The minimum Gasteiger partial charge on any atom is -0.478 e. The lowest BCUT2D eigenvalue weighted by Crippen LogP contribution is -2.02. The van der Waals surface area contributed by atoms with Gasteiger partial charge in [0.25, 0.3) is 0 Å². The first-order valence-corrected chi connectivity index (χ1v) is 6.26. The van der Waals surface area contributed by atoms with Crippen molar-refractivity contribution in [2.75, 3.05) is 5.32 Å². The van der Waals surface area contributed by atoms with Crippen molar-refractivity contribution in [2.24, 2.45) is 0 Å². The number of anilines is 1. The third-order valence-corrected chi connectivity index (χ3v) is 3.11. The van der Waals surface area contributed by atoms with Gasteiger partial charge in [-0.3, -0.25) is 0 Å². The molecule has 3 nitrogen and oxygen atoms in total. The van der Waals surface area contributed by atoms with Crippen molar-refractivity contribution < 1.29 is 9.90 Å². The average Bonchev–Trinajstić information content (AvgIpc) is 2.37. The van der Waals surface area contributed by atoms with Crippen LogP contribution in [0.3, 0.4) is 0 Å². The van der Waals surface area contributed by atoms with Gasteiger partial charge in [-0.1, -0.05) is 41.4 Å². The predicted molar refractivity (Wildman–Crippen MR) is 76.9 cm³/mol. The fourth-order valence-corrected chi connectivity index (χ4v) is 2.02. The minimum atomic E-state index is -1.02. The zero-order valence-corrected chi connectivity index (χ0v) is 11.2. The summed E-state index contributed by atoms with van der Waals surface area (Å²) in [5.74, 6) is -1.02. The standard InChI is InChI=1S/C15H14ClNO2/c1-10-3-2-4-11(7-10)9-17-12-5-6-14(16)13(8-12)15(18)19/h2-8,17H,9H2,1H3,(H,18,19). The van der Waals surface area contributed by atoms with Gasteiger partial charge in [-0.05, 0) is 30.7 Å². The molecule has 2 rings (SSSR count). The highest BCUT2D eigenvalue weighted by Gasteiger charge is 2.09. The summed E-state index contributed by atoms with van der Waals surface area (Å²) in [5, 5.41) is 12.4. The summed E-state index contributed by atoms with van der Waals surface area (Å²) in [7, 11) is 0. The molecule has 98 valence electrons. The summed E-state index contributed by atoms with van der Waals surface area (Å²) >= 11 is 5.82. The maximum absolute atomic E-state index is 11.0. The van der Waals surface area contributed by atoms with E-state index in [2.05, 4.69) is 11.4 Å². The average molecular weight is 276 g/mol. The van der Waals surface area contributed by atoms with Crippen LogP contribution in [0.25, 0.3) is 0 Å². The van der Waals surface area contributed by atoms with Crippen LogP contribution in [0.2, 0.25) is 5.02 Å². The molecule has 0 amide bonds. The number of hydrogen-bond donors (Lipinski definition) is 2. The van der Waals surface area contributed by atoms with E-state index in [9.17, 15) is 4.79 Å². The van der Waals surface area contributed by atoms with Gasteiger partial charge in [-0.2, -0.15) is 0 Å². The number of benzene rings is 2. The number of carbonyl (C=O) groups is 1. The molecule has 0 aromatic heterocycles. The van der Waals surface area contributed by atoms with Crippen LogP contribution in [0.15, 0.2) is 42.5 Å². The number of carboxylic acids is 1. The predicted octanol–water partition coefficient (Wildman–Crippen LogP) is 3.96. The fourth-order valence-electron chi connectivity index (χ4n) is 1.83. The third-order valence-electron chi connectivity index (χ3n) is 2.78. The van der Waals surface area contributed by atoms with Gasteiger partial charge in [0.15, 0.2) is 0 Å². The Bertz CT molecular complexity index is 611. The number of hydrogen-bond acceptors (Lipinski definition) is 2. The molecule has 0 bridgehead atoms. The number of carboxylic acid groups (broad SMARTS) is 1. The van der Waals surface area contributed by atoms with E-state index in [1.165, 1.54) is 5.56 Å². The molecule has 0 saturated carbocycles. The van der Waals surface area contributed by atoms with Crippen LogP contribution < -0.4 is 5.32 Å². The maximum atomic E-state index is 11.0. The summed E-state index contributed by atoms with van der Waals surface area (Å²) in [6.45, 7) is 2.68. The van der Waals surface area contributed by atoms with E-state index < -0.39 is 5.97 Å². The van der Waals surface area contributed by atoms with Crippen LogP contribution >= 0.6 is 11.6 Å². The lowest BCUT2D eigenvalue weighted by atomic mass is 10.1. The number of halogens is 1. The van der Waals surface area contributed by atoms with Gasteiger partial charge in [0, 0.05) is 12.2 Å². The molecule has 0 spiro atoms. The molecule has 0 saturated heterocycles. The Morgan fingerprint density at radius 1 is 1.26 bits per heavy atom. The van der Waals surface area contributed by atoms with E-state index in [4.69, 9.17) is 16.7 Å². The van der Waals surface area contributed by atoms with E-state index in [0.717, 1.165) is 11.3 Å². The monoisotopic (exact) mass is 275 g/mol. The molecule has 2 aromatic rings. The lowest BCUT2D eigenvalue weighted by molar-refractivity contribution is 0.0697. The maximum Gasteiger partial charge on any atom is 0.337 e. The third kappa shape index (κ3) is 3.48. The Balaban J connectivity index is 2.12. The molecule has 19 heavy (non-hydrogen) atoms. The Morgan fingerprint density at radius 3 is 2.74 bits per heavy atom. The zero-order chi connectivity index (χ0) is 13.8. The summed E-state index contributed by atoms with van der Waals surface area (Å²) in [6, 6.07) is 13.0. The largest absolute Gasteiger partial charge is 0.478 e. The van der Waals surface area contributed by atoms with Crippen molar-refractivity contribution >= 4 is 23.3 Å². The number of nitrogens with one attached hydrogen (secondary N) is 1. The Labute approximate surface area is 116 Å². The second-order valence-electron chi connectivity index (χ2n) is 4.34. The Kier molecular flexibility index (Phi) is 4.07. The van der Waals surface area contributed by atoms with Crippen LogP contribution in [-0.2, 0) is 6.54 Å². The van der Waals surface area contributed by atoms with E-state index in [1.807, 2.05) is 25.1 Å². The summed E-state index contributed by atoms with van der Waals surface area (Å²) in [5.41, 5.74) is 3.19. The molecule has 0 aliphatic heterocycles. The van der Waals surface area contributed by atoms with Gasteiger partial charge in [-0.25, -0.2) is 4.79 Å². The summed E-state index contributed by atoms with van der Waals surface area (Å²) in [6.07, 6.45) is 0. The lowest BCUT2D eigenvalue weighted by Gasteiger charge is -2.08. The molecule has 0 heterocycles. The molecule has 2 N–H and O–H groups in total.